The number of ether oxygens (including phenoxy) is 1. The van der Waals surface area contributed by atoms with Gasteiger partial charge >= 0.3 is 6.18 Å². The van der Waals surface area contributed by atoms with Gasteiger partial charge in [0, 0.05) is 12.7 Å². The molecule has 0 unspecified atom stereocenters. The standard InChI is InChI=1S/C15H11F3N2O2/c1-19-11-9-10(7-8-21)5-6-12(11)22-14-4-2-3-13(20-14)15(16,17)18/h2-6,9,21H,7-8H2. The van der Waals surface area contributed by atoms with Crippen molar-refractivity contribution < 1.29 is 23.0 Å². The van der Waals surface area contributed by atoms with Crippen LogP contribution in [0.5, 0.6) is 11.6 Å². The molecule has 0 radical (unpaired) electrons. The van der Waals surface area contributed by atoms with E-state index in [1.807, 2.05) is 0 Å². The number of aliphatic hydroxyl groups is 1. The Kier molecular flexibility index (Phi) is 4.63. The quantitative estimate of drug-likeness (QED) is 0.869. The highest BCUT2D eigenvalue weighted by molar-refractivity contribution is 5.59. The Morgan fingerprint density at radius 3 is 2.64 bits per heavy atom. The van der Waals surface area contributed by atoms with E-state index in [1.54, 1.807) is 6.07 Å². The molecule has 4 nitrogen and oxygen atoms in total. The lowest BCUT2D eigenvalue weighted by Gasteiger charge is -2.10. The Morgan fingerprint density at radius 1 is 1.23 bits per heavy atom. The van der Waals surface area contributed by atoms with Crippen LogP contribution >= 0.6 is 0 Å². The van der Waals surface area contributed by atoms with E-state index in [4.69, 9.17) is 16.4 Å². The summed E-state index contributed by atoms with van der Waals surface area (Å²) in [4.78, 5) is 6.66. The topological polar surface area (TPSA) is 46.7 Å². The molecule has 0 amide bonds. The molecule has 1 aromatic carbocycles. The molecule has 0 aliphatic rings. The summed E-state index contributed by atoms with van der Waals surface area (Å²) < 4.78 is 43.1. The molecule has 22 heavy (non-hydrogen) atoms. The van der Waals surface area contributed by atoms with Crippen LogP contribution in [-0.4, -0.2) is 16.7 Å². The first-order chi connectivity index (χ1) is 10.4. The first kappa shape index (κ1) is 15.8. The highest BCUT2D eigenvalue weighted by Crippen LogP contribution is 2.34. The van der Waals surface area contributed by atoms with E-state index >= 15 is 0 Å². The average Bonchev–Trinajstić information content (AvgIpc) is 2.48. The molecule has 0 fully saturated rings. The number of halogens is 3. The number of benzene rings is 1. The van der Waals surface area contributed by atoms with Gasteiger partial charge in [0.25, 0.3) is 0 Å². The summed E-state index contributed by atoms with van der Waals surface area (Å²) in [6.07, 6.45) is -4.18. The zero-order valence-electron chi connectivity index (χ0n) is 11.3. The van der Waals surface area contributed by atoms with Crippen molar-refractivity contribution in [2.24, 2.45) is 0 Å². The van der Waals surface area contributed by atoms with Gasteiger partial charge in [-0.3, -0.25) is 0 Å². The Balaban J connectivity index is 2.29. The highest BCUT2D eigenvalue weighted by atomic mass is 19.4. The smallest absolute Gasteiger partial charge is 0.433 e. The predicted octanol–water partition coefficient (Wildman–Crippen LogP) is 3.98. The van der Waals surface area contributed by atoms with Gasteiger partial charge in [-0.2, -0.15) is 13.2 Å². The molecule has 0 saturated heterocycles. The van der Waals surface area contributed by atoms with Crippen molar-refractivity contribution in [1.29, 1.82) is 0 Å². The first-order valence-corrected chi connectivity index (χ1v) is 6.27. The summed E-state index contributed by atoms with van der Waals surface area (Å²) in [5.74, 6) is -0.127. The Hall–Kier alpha value is -2.59. The maximum Gasteiger partial charge on any atom is 0.433 e. The zero-order valence-corrected chi connectivity index (χ0v) is 11.3. The third kappa shape index (κ3) is 3.74. The Bertz CT molecular complexity index is 709. The second kappa shape index (κ2) is 6.45. The number of hydrogen-bond donors (Lipinski definition) is 1. The molecule has 1 heterocycles. The van der Waals surface area contributed by atoms with Gasteiger partial charge in [-0.15, -0.1) is 0 Å². The molecule has 2 aromatic rings. The van der Waals surface area contributed by atoms with Crippen molar-refractivity contribution in [1.82, 2.24) is 4.98 Å². The minimum atomic E-state index is -4.56. The van der Waals surface area contributed by atoms with Gasteiger partial charge < -0.3 is 9.84 Å². The monoisotopic (exact) mass is 308 g/mol. The van der Waals surface area contributed by atoms with Crippen molar-refractivity contribution >= 4 is 5.69 Å². The van der Waals surface area contributed by atoms with Crippen LogP contribution in [0.15, 0.2) is 36.4 Å². The summed E-state index contributed by atoms with van der Waals surface area (Å²) >= 11 is 0. The second-order valence-electron chi connectivity index (χ2n) is 4.35. The van der Waals surface area contributed by atoms with Crippen LogP contribution in [0.1, 0.15) is 11.3 Å². The van der Waals surface area contributed by atoms with E-state index in [0.29, 0.717) is 6.42 Å². The number of aliphatic hydroxyl groups excluding tert-OH is 1. The fourth-order valence-corrected chi connectivity index (χ4v) is 1.76. The largest absolute Gasteiger partial charge is 0.450 e. The van der Waals surface area contributed by atoms with Crippen LogP contribution in [0.3, 0.4) is 0 Å². The number of alkyl halides is 3. The number of aromatic nitrogens is 1. The van der Waals surface area contributed by atoms with Crippen LogP contribution in [0.4, 0.5) is 18.9 Å². The molecular formula is C15H11F3N2O2. The molecular weight excluding hydrogens is 297 g/mol. The normalized spacial score (nSPS) is 11.0. The fourth-order valence-electron chi connectivity index (χ4n) is 1.76. The summed E-state index contributed by atoms with van der Waals surface area (Å²) in [6, 6.07) is 7.93. The molecule has 2 rings (SSSR count). The van der Waals surface area contributed by atoms with Crippen LogP contribution in [-0.2, 0) is 12.6 Å². The van der Waals surface area contributed by atoms with Crippen LogP contribution in [0.2, 0.25) is 0 Å². The fraction of sp³-hybridized carbons (Fsp3) is 0.200. The number of pyridine rings is 1. The van der Waals surface area contributed by atoms with Crippen LogP contribution < -0.4 is 4.74 Å². The van der Waals surface area contributed by atoms with E-state index in [9.17, 15) is 13.2 Å². The lowest BCUT2D eigenvalue weighted by atomic mass is 10.1. The van der Waals surface area contributed by atoms with Crippen LogP contribution in [0, 0.1) is 6.57 Å². The predicted molar refractivity (Wildman–Crippen MR) is 72.8 cm³/mol. The summed E-state index contributed by atoms with van der Waals surface area (Å²) in [5, 5.41) is 8.87. The van der Waals surface area contributed by atoms with Crippen molar-refractivity contribution in [2.75, 3.05) is 6.61 Å². The molecule has 0 aliphatic carbocycles. The molecule has 0 spiro atoms. The van der Waals surface area contributed by atoms with E-state index in [0.717, 1.165) is 11.6 Å². The maximum atomic E-state index is 12.6. The third-order valence-electron chi connectivity index (χ3n) is 2.77. The summed E-state index contributed by atoms with van der Waals surface area (Å²) in [6.45, 7) is 7.04. The van der Waals surface area contributed by atoms with E-state index in [-0.39, 0.29) is 23.9 Å². The van der Waals surface area contributed by atoms with Gasteiger partial charge in [-0.05, 0) is 24.6 Å². The lowest BCUT2D eigenvalue weighted by molar-refractivity contribution is -0.141. The summed E-state index contributed by atoms with van der Waals surface area (Å²) in [5.41, 5.74) is -0.186. The van der Waals surface area contributed by atoms with Crippen molar-refractivity contribution in [3.63, 3.8) is 0 Å². The molecule has 1 N–H and O–H groups in total. The highest BCUT2D eigenvalue weighted by Gasteiger charge is 2.32. The molecule has 7 heteroatoms. The van der Waals surface area contributed by atoms with Crippen molar-refractivity contribution in [3.05, 3.63) is 59.1 Å². The zero-order chi connectivity index (χ0) is 16.2. The van der Waals surface area contributed by atoms with Gasteiger partial charge in [0.1, 0.15) is 11.4 Å². The van der Waals surface area contributed by atoms with E-state index in [1.165, 1.54) is 24.3 Å². The van der Waals surface area contributed by atoms with Gasteiger partial charge in [0.15, 0.2) is 0 Å². The van der Waals surface area contributed by atoms with Gasteiger partial charge in [0.05, 0.1) is 6.57 Å². The molecule has 114 valence electrons. The van der Waals surface area contributed by atoms with E-state index in [2.05, 4.69) is 9.83 Å². The number of rotatable bonds is 4. The lowest BCUT2D eigenvalue weighted by Crippen LogP contribution is -2.07. The maximum absolute atomic E-state index is 12.6. The minimum Gasteiger partial charge on any atom is -0.450 e. The van der Waals surface area contributed by atoms with Gasteiger partial charge in [-0.1, -0.05) is 17.7 Å². The minimum absolute atomic E-state index is 0.0627. The second-order valence-corrected chi connectivity index (χ2v) is 4.35. The molecule has 0 atom stereocenters. The summed E-state index contributed by atoms with van der Waals surface area (Å²) in [7, 11) is 0. The molecule has 0 bridgehead atoms. The third-order valence-corrected chi connectivity index (χ3v) is 2.77. The Labute approximate surface area is 124 Å². The number of nitrogens with zero attached hydrogens (tertiary/aromatic N) is 2. The number of hydrogen-bond acceptors (Lipinski definition) is 3. The SMILES string of the molecule is [C-]#[N+]c1cc(CCO)ccc1Oc1cccc(C(F)(F)F)n1. The molecule has 1 aromatic heterocycles. The molecule has 0 aliphatic heterocycles. The Morgan fingerprint density at radius 2 is 2.00 bits per heavy atom. The van der Waals surface area contributed by atoms with Crippen molar-refractivity contribution in [2.45, 2.75) is 12.6 Å². The van der Waals surface area contributed by atoms with Gasteiger partial charge in [-0.25, -0.2) is 9.83 Å². The first-order valence-electron chi connectivity index (χ1n) is 6.27. The molecule has 0 saturated carbocycles. The van der Waals surface area contributed by atoms with Crippen LogP contribution in [0.25, 0.3) is 4.85 Å². The van der Waals surface area contributed by atoms with E-state index < -0.39 is 11.9 Å². The van der Waals surface area contributed by atoms with Crippen molar-refractivity contribution in [3.8, 4) is 11.6 Å². The average molecular weight is 308 g/mol. The van der Waals surface area contributed by atoms with Gasteiger partial charge in [0.2, 0.25) is 11.6 Å².